The molecule has 1 aromatic carbocycles. The van der Waals surface area contributed by atoms with E-state index in [1.165, 1.54) is 6.92 Å². The quantitative estimate of drug-likeness (QED) is 0.869. The zero-order chi connectivity index (χ0) is 14.0. The third-order valence-corrected chi connectivity index (χ3v) is 3.55. The van der Waals surface area contributed by atoms with E-state index in [0.717, 1.165) is 12.8 Å². The fourth-order valence-corrected chi connectivity index (χ4v) is 1.95. The number of hydrogen-bond acceptors (Lipinski definition) is 2. The number of benzene rings is 1. The molecule has 1 unspecified atom stereocenters. The Morgan fingerprint density at radius 1 is 1.32 bits per heavy atom. The predicted octanol–water partition coefficient (Wildman–Crippen LogP) is 1.79. The molecule has 0 aromatic heterocycles. The Balaban J connectivity index is 2.20. The van der Waals surface area contributed by atoms with E-state index in [0.29, 0.717) is 5.56 Å². The molecular formula is C14H18N2O3. The van der Waals surface area contributed by atoms with Crippen molar-refractivity contribution in [3.05, 3.63) is 35.9 Å². The average molecular weight is 262 g/mol. The number of nitrogens with one attached hydrogen (secondary N) is 1. The highest BCUT2D eigenvalue weighted by Crippen LogP contribution is 2.27. The largest absolute Gasteiger partial charge is 0.479 e. The third kappa shape index (κ3) is 2.70. The second-order valence-electron chi connectivity index (χ2n) is 5.07. The van der Waals surface area contributed by atoms with Gasteiger partial charge in [-0.05, 0) is 25.3 Å². The summed E-state index contributed by atoms with van der Waals surface area (Å²) in [5.41, 5.74) is -0.860. The number of urea groups is 1. The number of carboxylic acid groups (broad SMARTS) is 1. The zero-order valence-electron chi connectivity index (χ0n) is 11.1. The van der Waals surface area contributed by atoms with Crippen LogP contribution in [0.2, 0.25) is 0 Å². The van der Waals surface area contributed by atoms with Crippen molar-refractivity contribution in [3.63, 3.8) is 0 Å². The van der Waals surface area contributed by atoms with Crippen LogP contribution in [0.15, 0.2) is 30.3 Å². The Labute approximate surface area is 112 Å². The van der Waals surface area contributed by atoms with E-state index in [2.05, 4.69) is 5.32 Å². The van der Waals surface area contributed by atoms with Crippen molar-refractivity contribution in [2.75, 3.05) is 7.05 Å². The van der Waals surface area contributed by atoms with E-state index in [4.69, 9.17) is 0 Å². The molecule has 2 N–H and O–H groups in total. The van der Waals surface area contributed by atoms with E-state index in [9.17, 15) is 14.7 Å². The molecule has 2 amide bonds. The van der Waals surface area contributed by atoms with Gasteiger partial charge in [-0.2, -0.15) is 0 Å². The highest BCUT2D eigenvalue weighted by Gasteiger charge is 2.39. The van der Waals surface area contributed by atoms with Gasteiger partial charge in [0.2, 0.25) is 0 Å². The van der Waals surface area contributed by atoms with E-state index in [1.54, 1.807) is 36.2 Å². The van der Waals surface area contributed by atoms with Crippen LogP contribution in [0.4, 0.5) is 4.79 Å². The number of rotatable bonds is 4. The maximum atomic E-state index is 12.1. The first-order chi connectivity index (χ1) is 8.95. The van der Waals surface area contributed by atoms with Gasteiger partial charge in [0.15, 0.2) is 5.54 Å². The summed E-state index contributed by atoms with van der Waals surface area (Å²) >= 11 is 0. The van der Waals surface area contributed by atoms with Crippen LogP contribution in [0.5, 0.6) is 0 Å². The number of aliphatic carboxylic acids is 1. The normalized spacial score (nSPS) is 17.4. The highest BCUT2D eigenvalue weighted by atomic mass is 16.4. The summed E-state index contributed by atoms with van der Waals surface area (Å²) in [6.07, 6.45) is 1.97. The molecule has 1 aliphatic carbocycles. The van der Waals surface area contributed by atoms with Gasteiger partial charge in [0, 0.05) is 13.1 Å². The summed E-state index contributed by atoms with van der Waals surface area (Å²) in [6, 6.07) is 8.62. The number of nitrogens with zero attached hydrogens (tertiary/aromatic N) is 1. The molecule has 0 spiro atoms. The molecule has 1 aromatic rings. The molecule has 1 fully saturated rings. The van der Waals surface area contributed by atoms with Gasteiger partial charge in [0.1, 0.15) is 0 Å². The maximum Gasteiger partial charge on any atom is 0.333 e. The van der Waals surface area contributed by atoms with Crippen molar-refractivity contribution in [1.82, 2.24) is 10.2 Å². The SMILES string of the molecule is CN(C(=O)NC(C)(C(=O)O)c1ccccc1)C1CC1. The first kappa shape index (κ1) is 13.4. The Bertz CT molecular complexity index is 485. The summed E-state index contributed by atoms with van der Waals surface area (Å²) < 4.78 is 0. The first-order valence-electron chi connectivity index (χ1n) is 6.29. The molecular weight excluding hydrogens is 244 g/mol. The summed E-state index contributed by atoms with van der Waals surface area (Å²) in [7, 11) is 1.69. The highest BCUT2D eigenvalue weighted by molar-refractivity contribution is 5.87. The van der Waals surface area contributed by atoms with Crippen LogP contribution in [0.1, 0.15) is 25.3 Å². The average Bonchev–Trinajstić information content (AvgIpc) is 3.22. The molecule has 5 heteroatoms. The first-order valence-corrected chi connectivity index (χ1v) is 6.29. The second kappa shape index (κ2) is 4.91. The van der Waals surface area contributed by atoms with Crippen LogP contribution >= 0.6 is 0 Å². The number of hydrogen-bond donors (Lipinski definition) is 2. The molecule has 0 heterocycles. The van der Waals surface area contributed by atoms with Crippen molar-refractivity contribution in [3.8, 4) is 0 Å². The lowest BCUT2D eigenvalue weighted by atomic mass is 9.92. The molecule has 102 valence electrons. The monoisotopic (exact) mass is 262 g/mol. The molecule has 5 nitrogen and oxygen atoms in total. The van der Waals surface area contributed by atoms with Gasteiger partial charge in [-0.25, -0.2) is 9.59 Å². The van der Waals surface area contributed by atoms with Gasteiger partial charge < -0.3 is 15.3 Å². The van der Waals surface area contributed by atoms with Crippen LogP contribution in [0.3, 0.4) is 0 Å². The summed E-state index contributed by atoms with van der Waals surface area (Å²) in [6.45, 7) is 1.50. The van der Waals surface area contributed by atoms with Crippen molar-refractivity contribution in [2.45, 2.75) is 31.3 Å². The molecule has 19 heavy (non-hydrogen) atoms. The molecule has 0 aliphatic heterocycles. The number of carbonyl (C=O) groups excluding carboxylic acids is 1. The topological polar surface area (TPSA) is 69.6 Å². The minimum atomic E-state index is -1.42. The van der Waals surface area contributed by atoms with Gasteiger partial charge >= 0.3 is 12.0 Å². The third-order valence-electron chi connectivity index (χ3n) is 3.55. The van der Waals surface area contributed by atoms with E-state index < -0.39 is 11.5 Å². The molecule has 0 saturated heterocycles. The van der Waals surface area contributed by atoms with E-state index in [1.807, 2.05) is 6.07 Å². The van der Waals surface area contributed by atoms with Crippen LogP contribution in [0, 0.1) is 0 Å². The van der Waals surface area contributed by atoms with Crippen LogP contribution in [-0.2, 0) is 10.3 Å². The van der Waals surface area contributed by atoms with Crippen molar-refractivity contribution in [1.29, 1.82) is 0 Å². The van der Waals surface area contributed by atoms with Gasteiger partial charge in [-0.15, -0.1) is 0 Å². The maximum absolute atomic E-state index is 12.1. The van der Waals surface area contributed by atoms with Gasteiger partial charge in [-0.3, -0.25) is 0 Å². The van der Waals surface area contributed by atoms with Crippen LogP contribution < -0.4 is 5.32 Å². The van der Waals surface area contributed by atoms with Crippen molar-refractivity contribution in [2.24, 2.45) is 0 Å². The molecule has 1 saturated carbocycles. The fraction of sp³-hybridized carbons (Fsp3) is 0.429. The molecule has 2 rings (SSSR count). The zero-order valence-corrected chi connectivity index (χ0v) is 11.1. The van der Waals surface area contributed by atoms with Gasteiger partial charge in [-0.1, -0.05) is 30.3 Å². The molecule has 0 radical (unpaired) electrons. The van der Waals surface area contributed by atoms with Gasteiger partial charge in [0.25, 0.3) is 0 Å². The Hall–Kier alpha value is -2.04. The lowest BCUT2D eigenvalue weighted by molar-refractivity contribution is -0.144. The number of carboxylic acids is 1. The minimum absolute atomic E-state index is 0.244. The van der Waals surface area contributed by atoms with E-state index >= 15 is 0 Å². The Morgan fingerprint density at radius 3 is 2.37 bits per heavy atom. The summed E-state index contributed by atoms with van der Waals surface area (Å²) in [4.78, 5) is 25.2. The minimum Gasteiger partial charge on any atom is -0.479 e. The standard InChI is InChI=1S/C14H18N2O3/c1-14(12(17)18,10-6-4-3-5-7-10)15-13(19)16(2)11-8-9-11/h3-7,11H,8-9H2,1-2H3,(H,15,19)(H,17,18). The molecule has 0 bridgehead atoms. The predicted molar refractivity (Wildman–Crippen MR) is 70.7 cm³/mol. The van der Waals surface area contributed by atoms with Crippen LogP contribution in [-0.4, -0.2) is 35.1 Å². The molecule has 1 atom stereocenters. The second-order valence-corrected chi connectivity index (χ2v) is 5.07. The van der Waals surface area contributed by atoms with Gasteiger partial charge in [0.05, 0.1) is 0 Å². The Morgan fingerprint density at radius 2 is 1.89 bits per heavy atom. The van der Waals surface area contributed by atoms with Crippen LogP contribution in [0.25, 0.3) is 0 Å². The fourth-order valence-electron chi connectivity index (χ4n) is 1.95. The van der Waals surface area contributed by atoms with Crippen molar-refractivity contribution >= 4 is 12.0 Å². The lowest BCUT2D eigenvalue weighted by Gasteiger charge is -2.29. The van der Waals surface area contributed by atoms with E-state index in [-0.39, 0.29) is 12.1 Å². The summed E-state index contributed by atoms with van der Waals surface area (Å²) in [5, 5.41) is 12.1. The summed E-state index contributed by atoms with van der Waals surface area (Å²) in [5.74, 6) is -1.07. The lowest BCUT2D eigenvalue weighted by Crippen LogP contribution is -2.53. The van der Waals surface area contributed by atoms with Crippen molar-refractivity contribution < 1.29 is 14.7 Å². The molecule has 1 aliphatic rings. The number of carbonyl (C=O) groups is 2. The Kier molecular flexibility index (Phi) is 3.46. The smallest absolute Gasteiger partial charge is 0.333 e. The number of amides is 2.